The smallest absolute Gasteiger partial charge is 0.348 e. The fourth-order valence-electron chi connectivity index (χ4n) is 2.37. The van der Waals surface area contributed by atoms with Gasteiger partial charge in [0.1, 0.15) is 15.5 Å². The number of hydrogen-bond donors (Lipinski definition) is 2. The van der Waals surface area contributed by atoms with Gasteiger partial charge in [-0.3, -0.25) is 4.79 Å². The van der Waals surface area contributed by atoms with Crippen molar-refractivity contribution in [3.8, 4) is 5.75 Å². The summed E-state index contributed by atoms with van der Waals surface area (Å²) in [5.74, 6) is -0.219. The summed E-state index contributed by atoms with van der Waals surface area (Å²) in [5.41, 5.74) is 0.854. The van der Waals surface area contributed by atoms with Crippen molar-refractivity contribution in [1.82, 2.24) is 9.97 Å². The van der Waals surface area contributed by atoms with Crippen molar-refractivity contribution in [3.63, 3.8) is 0 Å². The van der Waals surface area contributed by atoms with E-state index in [1.807, 2.05) is 0 Å². The van der Waals surface area contributed by atoms with Crippen molar-refractivity contribution in [2.75, 3.05) is 7.11 Å². The quantitative estimate of drug-likeness (QED) is 0.575. The van der Waals surface area contributed by atoms with Crippen LogP contribution in [0.15, 0.2) is 27.5 Å². The average molecular weight is 456 g/mol. The number of carbonyl (C=O) groups excluding carboxylic acids is 1. The number of carbonyl (C=O) groups is 1. The Labute approximate surface area is 165 Å². The van der Waals surface area contributed by atoms with E-state index in [2.05, 4.69) is 25.9 Å². The lowest BCUT2D eigenvalue weighted by Gasteiger charge is -2.02. The van der Waals surface area contributed by atoms with Crippen molar-refractivity contribution in [1.29, 1.82) is 0 Å². The van der Waals surface area contributed by atoms with E-state index >= 15 is 0 Å². The van der Waals surface area contributed by atoms with Gasteiger partial charge in [-0.2, -0.15) is 0 Å². The number of rotatable bonds is 3. The number of esters is 1. The number of aromatic nitrogens is 2. The molecule has 0 saturated heterocycles. The van der Waals surface area contributed by atoms with Crippen LogP contribution in [0.5, 0.6) is 5.75 Å². The third-order valence-corrected chi connectivity index (χ3v) is 5.75. The molecule has 0 fully saturated rings. The number of phenols is 1. The number of aromatic amines is 1. The van der Waals surface area contributed by atoms with Crippen molar-refractivity contribution in [2.45, 2.75) is 6.92 Å². The molecule has 0 unspecified atom stereocenters. The number of ether oxygens (including phenoxy) is 1. The molecule has 3 rings (SSSR count). The molecule has 134 valence electrons. The number of H-pyrrole nitrogens is 1. The van der Waals surface area contributed by atoms with Gasteiger partial charge in [-0.05, 0) is 52.2 Å². The first-order valence-electron chi connectivity index (χ1n) is 7.29. The second kappa shape index (κ2) is 7.22. The van der Waals surface area contributed by atoms with Gasteiger partial charge in [0.05, 0.1) is 22.0 Å². The highest BCUT2D eigenvalue weighted by Crippen LogP contribution is 2.30. The SMILES string of the molecule is COC(=O)c1sc2nc(/C(Cl)=C/c3ccc(O)c(Br)c3)[nH]c(=O)c2c1C. The monoisotopic (exact) mass is 454 g/mol. The molecule has 3 aromatic rings. The second-order valence-corrected chi connectivity index (χ2v) is 7.61. The molecule has 1 aromatic carbocycles. The second-order valence-electron chi connectivity index (χ2n) is 5.35. The first kappa shape index (κ1) is 18.6. The van der Waals surface area contributed by atoms with Crippen LogP contribution in [-0.2, 0) is 4.74 Å². The van der Waals surface area contributed by atoms with E-state index in [4.69, 9.17) is 16.3 Å². The molecule has 9 heteroatoms. The summed E-state index contributed by atoms with van der Waals surface area (Å²) in [6, 6.07) is 4.87. The van der Waals surface area contributed by atoms with E-state index in [9.17, 15) is 14.7 Å². The topological polar surface area (TPSA) is 92.3 Å². The lowest BCUT2D eigenvalue weighted by atomic mass is 10.2. The number of phenolic OH excluding ortho intramolecular Hbond substituents is 1. The van der Waals surface area contributed by atoms with Crippen molar-refractivity contribution in [2.24, 2.45) is 0 Å². The summed E-state index contributed by atoms with van der Waals surface area (Å²) < 4.78 is 5.25. The fraction of sp³-hybridized carbons (Fsp3) is 0.118. The standard InChI is InChI=1S/C17H12BrClN2O4S/c1-7-12-15(23)20-14(21-16(12)26-13(7)17(24)25-2)10(19)6-8-3-4-11(22)9(18)5-8/h3-6,22H,1-2H3,(H,20,21,23)/b10-6-. The van der Waals surface area contributed by atoms with Crippen molar-refractivity contribution >= 4 is 66.2 Å². The summed E-state index contributed by atoms with van der Waals surface area (Å²) in [7, 11) is 1.28. The maximum atomic E-state index is 12.4. The Morgan fingerprint density at radius 1 is 1.46 bits per heavy atom. The number of methoxy groups -OCH3 is 1. The Morgan fingerprint density at radius 2 is 2.19 bits per heavy atom. The molecule has 26 heavy (non-hydrogen) atoms. The highest BCUT2D eigenvalue weighted by atomic mass is 79.9. The molecule has 0 atom stereocenters. The van der Waals surface area contributed by atoms with Gasteiger partial charge in [0, 0.05) is 0 Å². The summed E-state index contributed by atoms with van der Waals surface area (Å²) in [5, 5.41) is 10.1. The maximum Gasteiger partial charge on any atom is 0.348 e. The number of fused-ring (bicyclic) bond motifs is 1. The van der Waals surface area contributed by atoms with Crippen LogP contribution in [0, 0.1) is 6.92 Å². The minimum atomic E-state index is -0.512. The molecular formula is C17H12BrClN2O4S. The fourth-order valence-corrected chi connectivity index (χ4v) is 4.08. The minimum absolute atomic E-state index is 0.107. The number of halogens is 2. The third kappa shape index (κ3) is 3.40. The lowest BCUT2D eigenvalue weighted by molar-refractivity contribution is 0.0605. The molecular weight excluding hydrogens is 444 g/mol. The zero-order valence-electron chi connectivity index (χ0n) is 13.6. The van der Waals surface area contributed by atoms with Crippen LogP contribution in [0.25, 0.3) is 21.3 Å². The molecule has 2 heterocycles. The molecule has 0 bridgehead atoms. The first-order valence-corrected chi connectivity index (χ1v) is 9.28. The molecule has 6 nitrogen and oxygen atoms in total. The number of aromatic hydroxyl groups is 1. The Bertz CT molecular complexity index is 1120. The van der Waals surface area contributed by atoms with Gasteiger partial charge < -0.3 is 14.8 Å². The molecule has 2 N–H and O–H groups in total. The van der Waals surface area contributed by atoms with Gasteiger partial charge in [0.2, 0.25) is 0 Å². The lowest BCUT2D eigenvalue weighted by Crippen LogP contribution is -2.10. The summed E-state index contributed by atoms with van der Waals surface area (Å²) in [6.07, 6.45) is 1.61. The van der Waals surface area contributed by atoms with Crippen LogP contribution in [0.2, 0.25) is 0 Å². The van der Waals surface area contributed by atoms with E-state index in [1.54, 1.807) is 25.1 Å². The molecule has 0 spiro atoms. The van der Waals surface area contributed by atoms with Crippen LogP contribution in [0.4, 0.5) is 0 Å². The normalized spacial score (nSPS) is 11.8. The predicted molar refractivity (Wildman–Crippen MR) is 106 cm³/mol. The highest BCUT2D eigenvalue weighted by molar-refractivity contribution is 9.10. The summed E-state index contributed by atoms with van der Waals surface area (Å²) in [4.78, 5) is 32.0. The largest absolute Gasteiger partial charge is 0.507 e. The third-order valence-electron chi connectivity index (χ3n) is 3.66. The molecule has 0 saturated carbocycles. The van der Waals surface area contributed by atoms with E-state index in [0.717, 1.165) is 11.3 Å². The van der Waals surface area contributed by atoms with Crippen LogP contribution in [0.3, 0.4) is 0 Å². The number of nitrogens with one attached hydrogen (secondary N) is 1. The van der Waals surface area contributed by atoms with Gasteiger partial charge in [0.15, 0.2) is 5.82 Å². The Balaban J connectivity index is 2.10. The van der Waals surface area contributed by atoms with Crippen LogP contribution >= 0.6 is 38.9 Å². The van der Waals surface area contributed by atoms with Gasteiger partial charge in [-0.25, -0.2) is 9.78 Å². The van der Waals surface area contributed by atoms with Crippen LogP contribution in [0.1, 0.15) is 26.6 Å². The van der Waals surface area contributed by atoms with Crippen molar-refractivity contribution in [3.05, 3.63) is 54.9 Å². The molecule has 2 aromatic heterocycles. The molecule has 0 aliphatic rings. The van der Waals surface area contributed by atoms with Crippen molar-refractivity contribution < 1.29 is 14.6 Å². The summed E-state index contributed by atoms with van der Waals surface area (Å²) >= 11 is 10.6. The van der Waals surface area contributed by atoms with Gasteiger partial charge in [-0.15, -0.1) is 11.3 Å². The number of aryl methyl sites for hydroxylation is 1. The molecule has 0 radical (unpaired) electrons. The Hall–Kier alpha value is -2.16. The number of hydrogen-bond acceptors (Lipinski definition) is 6. The van der Waals surface area contributed by atoms with Gasteiger partial charge in [0.25, 0.3) is 5.56 Å². The predicted octanol–water partition coefficient (Wildman–Crippen LogP) is 4.28. The highest BCUT2D eigenvalue weighted by Gasteiger charge is 2.20. The minimum Gasteiger partial charge on any atom is -0.507 e. The number of nitrogens with zero attached hydrogens (tertiary/aromatic N) is 1. The molecule has 0 aliphatic carbocycles. The Morgan fingerprint density at radius 3 is 2.85 bits per heavy atom. The maximum absolute atomic E-state index is 12.4. The summed E-state index contributed by atoms with van der Waals surface area (Å²) in [6.45, 7) is 1.67. The van der Waals surface area contributed by atoms with Gasteiger partial charge >= 0.3 is 5.97 Å². The first-order chi connectivity index (χ1) is 12.3. The Kier molecular flexibility index (Phi) is 5.17. The van der Waals surface area contributed by atoms with Crippen LogP contribution in [-0.4, -0.2) is 28.2 Å². The molecule has 0 aliphatic heterocycles. The zero-order valence-corrected chi connectivity index (χ0v) is 16.8. The van der Waals surface area contributed by atoms with E-state index < -0.39 is 5.97 Å². The van der Waals surface area contributed by atoms with E-state index in [-0.39, 0.29) is 22.2 Å². The zero-order chi connectivity index (χ0) is 19.0. The van der Waals surface area contributed by atoms with Gasteiger partial charge in [-0.1, -0.05) is 17.7 Å². The van der Waals surface area contributed by atoms with E-state index in [0.29, 0.717) is 30.7 Å². The van der Waals surface area contributed by atoms with Crippen LogP contribution < -0.4 is 5.56 Å². The molecule has 0 amide bonds. The number of thiophene rings is 1. The van der Waals surface area contributed by atoms with E-state index in [1.165, 1.54) is 13.2 Å². The number of benzene rings is 1. The average Bonchev–Trinajstić information content (AvgIpc) is 2.94.